The maximum atomic E-state index is 14.0. The molecular formula is C20H16F2N4O2S. The molecule has 0 fully saturated rings. The van der Waals surface area contributed by atoms with Crippen LogP contribution in [0.2, 0.25) is 0 Å². The number of nitrogens with zero attached hydrogens (tertiary/aromatic N) is 4. The van der Waals surface area contributed by atoms with E-state index in [0.29, 0.717) is 22.1 Å². The van der Waals surface area contributed by atoms with Crippen molar-refractivity contribution in [3.63, 3.8) is 0 Å². The largest absolute Gasteiger partial charge is 0.484 e. The number of aromatic nitrogens is 3. The summed E-state index contributed by atoms with van der Waals surface area (Å²) in [4.78, 5) is 18.6. The van der Waals surface area contributed by atoms with Crippen molar-refractivity contribution in [3.05, 3.63) is 72.6 Å². The first kappa shape index (κ1) is 19.0. The number of amides is 1. The van der Waals surface area contributed by atoms with E-state index < -0.39 is 5.82 Å². The lowest BCUT2D eigenvalue weighted by Gasteiger charge is -2.20. The minimum absolute atomic E-state index is 0.226. The third-order valence-corrected chi connectivity index (χ3v) is 5.22. The van der Waals surface area contributed by atoms with E-state index in [4.69, 9.17) is 4.74 Å². The van der Waals surface area contributed by atoms with E-state index in [0.717, 1.165) is 0 Å². The lowest BCUT2D eigenvalue weighted by atomic mass is 10.3. The number of halogens is 2. The second-order valence-electron chi connectivity index (χ2n) is 6.14. The Morgan fingerprint density at radius 2 is 1.97 bits per heavy atom. The van der Waals surface area contributed by atoms with Crippen molar-refractivity contribution in [2.45, 2.75) is 6.54 Å². The number of benzene rings is 2. The van der Waals surface area contributed by atoms with Gasteiger partial charge in [0, 0.05) is 18.9 Å². The molecule has 0 atom stereocenters. The van der Waals surface area contributed by atoms with E-state index in [-0.39, 0.29) is 30.4 Å². The van der Waals surface area contributed by atoms with Gasteiger partial charge in [-0.2, -0.15) is 5.10 Å². The number of anilines is 1. The van der Waals surface area contributed by atoms with Gasteiger partial charge >= 0.3 is 0 Å². The Morgan fingerprint density at radius 1 is 1.14 bits per heavy atom. The molecule has 148 valence electrons. The van der Waals surface area contributed by atoms with Crippen LogP contribution in [0, 0.1) is 11.6 Å². The molecule has 0 unspecified atom stereocenters. The normalized spacial score (nSPS) is 11.0. The van der Waals surface area contributed by atoms with Crippen LogP contribution in [0.15, 0.2) is 60.9 Å². The fourth-order valence-electron chi connectivity index (χ4n) is 2.73. The maximum Gasteiger partial charge on any atom is 0.266 e. The number of carbonyl (C=O) groups excluding carboxylic acids is 1. The first-order chi connectivity index (χ1) is 14.1. The Labute approximate surface area is 169 Å². The summed E-state index contributed by atoms with van der Waals surface area (Å²) < 4.78 is 34.9. The molecule has 29 heavy (non-hydrogen) atoms. The molecule has 0 saturated carbocycles. The second-order valence-corrected chi connectivity index (χ2v) is 7.15. The van der Waals surface area contributed by atoms with E-state index in [9.17, 15) is 13.6 Å². The lowest BCUT2D eigenvalue weighted by molar-refractivity contribution is -0.120. The van der Waals surface area contributed by atoms with Gasteiger partial charge in [-0.15, -0.1) is 0 Å². The molecule has 4 rings (SSSR count). The molecule has 0 aliphatic carbocycles. The summed E-state index contributed by atoms with van der Waals surface area (Å²) in [5.74, 6) is -0.795. The fraction of sp³-hybridized carbons (Fsp3) is 0.150. The van der Waals surface area contributed by atoms with Crippen LogP contribution in [0.25, 0.3) is 10.2 Å². The van der Waals surface area contributed by atoms with Crippen LogP contribution >= 0.6 is 11.3 Å². The van der Waals surface area contributed by atoms with E-state index in [1.54, 1.807) is 35.3 Å². The predicted molar refractivity (Wildman–Crippen MR) is 106 cm³/mol. The van der Waals surface area contributed by atoms with Gasteiger partial charge in [0.15, 0.2) is 11.7 Å². The number of hydrogen-bond donors (Lipinski definition) is 0. The molecule has 9 heteroatoms. The van der Waals surface area contributed by atoms with Crippen molar-refractivity contribution in [2.24, 2.45) is 0 Å². The molecule has 6 nitrogen and oxygen atoms in total. The van der Waals surface area contributed by atoms with Crippen molar-refractivity contribution in [3.8, 4) is 5.75 Å². The lowest BCUT2D eigenvalue weighted by Crippen LogP contribution is -2.37. The quantitative estimate of drug-likeness (QED) is 0.461. The summed E-state index contributed by atoms with van der Waals surface area (Å²) in [6, 6.07) is 11.9. The van der Waals surface area contributed by atoms with Gasteiger partial charge in [-0.1, -0.05) is 17.4 Å². The molecule has 0 aliphatic heterocycles. The molecule has 1 amide bonds. The zero-order valence-corrected chi connectivity index (χ0v) is 16.0. The van der Waals surface area contributed by atoms with Crippen molar-refractivity contribution in [2.75, 3.05) is 18.1 Å². The highest BCUT2D eigenvalue weighted by molar-refractivity contribution is 7.22. The molecule has 4 aromatic rings. The average Bonchev–Trinajstić information content (AvgIpc) is 3.38. The average molecular weight is 414 g/mol. The monoisotopic (exact) mass is 414 g/mol. The van der Waals surface area contributed by atoms with Crippen molar-refractivity contribution < 1.29 is 18.3 Å². The number of fused-ring (bicyclic) bond motifs is 1. The van der Waals surface area contributed by atoms with Gasteiger partial charge < -0.3 is 4.74 Å². The van der Waals surface area contributed by atoms with Gasteiger partial charge in [0.05, 0.1) is 11.2 Å². The third-order valence-electron chi connectivity index (χ3n) is 4.18. The van der Waals surface area contributed by atoms with Gasteiger partial charge in [0.2, 0.25) is 0 Å². The van der Waals surface area contributed by atoms with E-state index >= 15 is 0 Å². The molecule has 0 spiro atoms. The maximum absolute atomic E-state index is 14.0. The summed E-state index contributed by atoms with van der Waals surface area (Å²) >= 11 is 1.23. The molecule has 2 aromatic heterocycles. The minimum atomic E-state index is -0.438. The first-order valence-corrected chi connectivity index (χ1v) is 9.63. The van der Waals surface area contributed by atoms with Crippen LogP contribution in [0.1, 0.15) is 0 Å². The van der Waals surface area contributed by atoms with E-state index in [1.165, 1.54) is 46.6 Å². The highest BCUT2D eigenvalue weighted by Crippen LogP contribution is 2.30. The molecule has 0 bridgehead atoms. The van der Waals surface area contributed by atoms with Crippen LogP contribution in [-0.4, -0.2) is 33.8 Å². The Bertz CT molecular complexity index is 1110. The number of para-hydroxylation sites is 1. The van der Waals surface area contributed by atoms with E-state index in [2.05, 4.69) is 10.1 Å². The van der Waals surface area contributed by atoms with Crippen LogP contribution in [0.3, 0.4) is 0 Å². The Balaban J connectivity index is 1.55. The van der Waals surface area contributed by atoms with Gasteiger partial charge in [0.1, 0.15) is 22.9 Å². The van der Waals surface area contributed by atoms with Gasteiger partial charge in [-0.3, -0.25) is 14.4 Å². The zero-order valence-electron chi connectivity index (χ0n) is 15.2. The van der Waals surface area contributed by atoms with Gasteiger partial charge in [0.25, 0.3) is 5.91 Å². The van der Waals surface area contributed by atoms with Crippen LogP contribution in [-0.2, 0) is 11.3 Å². The number of ether oxygens (including phenoxy) is 1. The van der Waals surface area contributed by atoms with Crippen molar-refractivity contribution in [1.29, 1.82) is 0 Å². The second kappa shape index (κ2) is 8.36. The Kier molecular flexibility index (Phi) is 5.48. The molecule has 2 heterocycles. The SMILES string of the molecule is O=C(COc1ccc(F)cc1)N(CCn1cccn1)c1nc2c(F)cccc2s1. The summed E-state index contributed by atoms with van der Waals surface area (Å²) in [7, 11) is 0. The van der Waals surface area contributed by atoms with Crippen LogP contribution < -0.4 is 9.64 Å². The summed E-state index contributed by atoms with van der Waals surface area (Å²) in [6.45, 7) is 0.464. The summed E-state index contributed by atoms with van der Waals surface area (Å²) in [5.41, 5.74) is 0.226. The topological polar surface area (TPSA) is 60.2 Å². The first-order valence-electron chi connectivity index (χ1n) is 8.81. The number of carbonyl (C=O) groups is 1. The molecule has 2 aromatic carbocycles. The van der Waals surface area contributed by atoms with Gasteiger partial charge in [-0.05, 0) is 42.5 Å². The molecule has 0 radical (unpaired) electrons. The van der Waals surface area contributed by atoms with E-state index in [1.807, 2.05) is 0 Å². The van der Waals surface area contributed by atoms with Crippen LogP contribution in [0.5, 0.6) is 5.75 Å². The van der Waals surface area contributed by atoms with Crippen molar-refractivity contribution in [1.82, 2.24) is 14.8 Å². The minimum Gasteiger partial charge on any atom is -0.484 e. The van der Waals surface area contributed by atoms with Crippen molar-refractivity contribution >= 4 is 32.6 Å². The van der Waals surface area contributed by atoms with Gasteiger partial charge in [-0.25, -0.2) is 13.8 Å². The predicted octanol–water partition coefficient (Wildman–Crippen LogP) is 3.88. The third kappa shape index (κ3) is 4.40. The molecule has 0 saturated heterocycles. The summed E-state index contributed by atoms with van der Waals surface area (Å²) in [5, 5.41) is 4.51. The smallest absolute Gasteiger partial charge is 0.266 e. The highest BCUT2D eigenvalue weighted by Gasteiger charge is 2.21. The fourth-order valence-corrected chi connectivity index (χ4v) is 3.76. The highest BCUT2D eigenvalue weighted by atomic mass is 32.1. The molecule has 0 aliphatic rings. The number of rotatable bonds is 7. The number of hydrogen-bond acceptors (Lipinski definition) is 5. The summed E-state index contributed by atoms with van der Waals surface area (Å²) in [6.07, 6.45) is 3.44. The molecule has 0 N–H and O–H groups in total. The Morgan fingerprint density at radius 3 is 2.69 bits per heavy atom. The zero-order chi connectivity index (χ0) is 20.2. The number of thiazole rings is 1. The standard InChI is InChI=1S/C20H16F2N4O2S/c21-14-5-7-15(8-6-14)28-13-18(27)26(12-11-25-10-2-9-23-25)20-24-19-16(22)3-1-4-17(19)29-20/h1-10H,11-13H2. The Hall–Kier alpha value is -3.33. The van der Waals surface area contributed by atoms with Crippen LogP contribution in [0.4, 0.5) is 13.9 Å². The molecular weight excluding hydrogens is 398 g/mol.